The van der Waals surface area contributed by atoms with E-state index in [0.717, 1.165) is 28.6 Å². The van der Waals surface area contributed by atoms with Gasteiger partial charge in [0.25, 0.3) is 0 Å². The van der Waals surface area contributed by atoms with Crippen LogP contribution in [0.15, 0.2) is 53.1 Å². The molecule has 5 rings (SSSR count). The highest BCUT2D eigenvalue weighted by Crippen LogP contribution is 2.43. The average Bonchev–Trinajstić information content (AvgIpc) is 3.28. The zero-order valence-corrected chi connectivity index (χ0v) is 15.9. The Morgan fingerprint density at radius 2 is 2.00 bits per heavy atom. The van der Waals surface area contributed by atoms with Crippen molar-refractivity contribution in [3.63, 3.8) is 0 Å². The number of fused-ring (bicyclic) bond motifs is 3. The van der Waals surface area contributed by atoms with Gasteiger partial charge < -0.3 is 4.42 Å². The van der Waals surface area contributed by atoms with Crippen molar-refractivity contribution < 1.29 is 4.42 Å². The molecular formula is C23H21NOS. The second-order valence-electron chi connectivity index (χ2n) is 7.38. The van der Waals surface area contributed by atoms with Crippen LogP contribution < -0.4 is 0 Å². The van der Waals surface area contributed by atoms with Gasteiger partial charge in [0.2, 0.25) is 0 Å². The molecule has 26 heavy (non-hydrogen) atoms. The van der Waals surface area contributed by atoms with E-state index < -0.39 is 0 Å². The summed E-state index contributed by atoms with van der Waals surface area (Å²) in [5, 5.41) is 1.31. The zero-order chi connectivity index (χ0) is 17.7. The van der Waals surface area contributed by atoms with E-state index in [1.165, 1.54) is 45.4 Å². The fraction of sp³-hybridized carbons (Fsp3) is 0.261. The Morgan fingerprint density at radius 1 is 1.12 bits per heavy atom. The van der Waals surface area contributed by atoms with E-state index in [-0.39, 0.29) is 0 Å². The topological polar surface area (TPSA) is 26.0 Å². The second kappa shape index (κ2) is 6.10. The average molecular weight is 359 g/mol. The van der Waals surface area contributed by atoms with Gasteiger partial charge in [0.05, 0.1) is 12.0 Å². The van der Waals surface area contributed by atoms with Crippen molar-refractivity contribution in [2.45, 2.75) is 33.1 Å². The molecule has 2 nitrogen and oxygen atoms in total. The predicted molar refractivity (Wildman–Crippen MR) is 109 cm³/mol. The molecule has 0 amide bonds. The van der Waals surface area contributed by atoms with E-state index in [9.17, 15) is 0 Å². The first kappa shape index (κ1) is 15.8. The molecule has 0 saturated carbocycles. The lowest BCUT2D eigenvalue weighted by atomic mass is 9.88. The van der Waals surface area contributed by atoms with Gasteiger partial charge in [0.1, 0.15) is 10.6 Å². The molecule has 0 bridgehead atoms. The van der Waals surface area contributed by atoms with Crippen LogP contribution in [-0.4, -0.2) is 4.98 Å². The third-order valence-corrected chi connectivity index (χ3v) is 6.62. The molecule has 3 heteroatoms. The van der Waals surface area contributed by atoms with Gasteiger partial charge in [-0.1, -0.05) is 31.2 Å². The second-order valence-corrected chi connectivity index (χ2v) is 8.46. The summed E-state index contributed by atoms with van der Waals surface area (Å²) in [6.45, 7) is 4.50. The van der Waals surface area contributed by atoms with Crippen LogP contribution in [0.4, 0.5) is 0 Å². The Kier molecular flexibility index (Phi) is 3.71. The summed E-state index contributed by atoms with van der Waals surface area (Å²) in [7, 11) is 0. The molecule has 0 radical (unpaired) electrons. The molecule has 3 heterocycles. The quantitative estimate of drug-likeness (QED) is 0.400. The minimum absolute atomic E-state index is 0.762. The van der Waals surface area contributed by atoms with Crippen molar-refractivity contribution in [2.24, 2.45) is 5.92 Å². The number of nitrogens with zero attached hydrogens (tertiary/aromatic N) is 1. The van der Waals surface area contributed by atoms with E-state index in [1.54, 1.807) is 6.26 Å². The lowest BCUT2D eigenvalue weighted by Crippen LogP contribution is -2.08. The van der Waals surface area contributed by atoms with Gasteiger partial charge in [-0.2, -0.15) is 0 Å². The predicted octanol–water partition coefficient (Wildman–Crippen LogP) is 6.66. The smallest absolute Gasteiger partial charge is 0.134 e. The molecule has 0 fully saturated rings. The van der Waals surface area contributed by atoms with Crippen LogP contribution >= 0.6 is 11.3 Å². The Morgan fingerprint density at radius 3 is 2.81 bits per heavy atom. The van der Waals surface area contributed by atoms with Gasteiger partial charge in [-0.05, 0) is 61.4 Å². The number of hydrogen-bond acceptors (Lipinski definition) is 3. The molecule has 4 aromatic rings. The standard InChI is InChI=1S/C23H21NOS/c1-14-9-10-17-21(12-14)26-23-22(17)18(20-8-5-11-25-20)13-19(24-23)16-7-4-3-6-15(16)2/h3-8,11,13-14H,9-10,12H2,1-2H3/t14-/m0/s1. The molecule has 0 N–H and O–H groups in total. The minimum atomic E-state index is 0.762. The van der Waals surface area contributed by atoms with Crippen LogP contribution in [0.1, 0.15) is 29.3 Å². The van der Waals surface area contributed by atoms with Crippen molar-refractivity contribution in [1.29, 1.82) is 0 Å². The van der Waals surface area contributed by atoms with Gasteiger partial charge in [-0.25, -0.2) is 4.98 Å². The molecule has 0 spiro atoms. The molecular weight excluding hydrogens is 338 g/mol. The highest BCUT2D eigenvalue weighted by Gasteiger charge is 2.24. The van der Waals surface area contributed by atoms with Crippen LogP contribution in [-0.2, 0) is 12.8 Å². The first-order chi connectivity index (χ1) is 12.7. The van der Waals surface area contributed by atoms with Crippen LogP contribution in [0.5, 0.6) is 0 Å². The van der Waals surface area contributed by atoms with Crippen LogP contribution in [0.2, 0.25) is 0 Å². The molecule has 1 aliphatic rings. The van der Waals surface area contributed by atoms with E-state index in [0.29, 0.717) is 0 Å². The van der Waals surface area contributed by atoms with Gasteiger partial charge in [0.15, 0.2) is 0 Å². The van der Waals surface area contributed by atoms with E-state index >= 15 is 0 Å². The van der Waals surface area contributed by atoms with Gasteiger partial charge in [-0.15, -0.1) is 11.3 Å². The number of furan rings is 1. The number of pyridine rings is 1. The number of benzene rings is 1. The summed E-state index contributed by atoms with van der Waals surface area (Å²) in [6.07, 6.45) is 5.34. The SMILES string of the molecule is Cc1ccccc1-c1cc(-c2ccco2)c2c3c(sc2n1)C[C@@H](C)CC3. The number of hydrogen-bond donors (Lipinski definition) is 0. The summed E-state index contributed by atoms with van der Waals surface area (Å²) in [5.41, 5.74) is 6.17. The third-order valence-electron chi connectivity index (χ3n) is 5.47. The molecule has 1 atom stereocenters. The number of rotatable bonds is 2. The van der Waals surface area contributed by atoms with Crippen LogP contribution in [0.25, 0.3) is 32.8 Å². The van der Waals surface area contributed by atoms with Gasteiger partial charge in [0, 0.05) is 21.4 Å². The number of thiophene rings is 1. The minimum Gasteiger partial charge on any atom is -0.464 e. The Bertz CT molecular complexity index is 1090. The summed E-state index contributed by atoms with van der Waals surface area (Å²) in [4.78, 5) is 7.75. The van der Waals surface area contributed by atoms with E-state index in [2.05, 4.69) is 50.2 Å². The third kappa shape index (κ3) is 2.50. The van der Waals surface area contributed by atoms with Crippen molar-refractivity contribution in [1.82, 2.24) is 4.98 Å². The normalized spacial score (nSPS) is 16.8. The fourth-order valence-corrected chi connectivity index (χ4v) is 5.48. The molecule has 0 unspecified atom stereocenters. The number of aromatic nitrogens is 1. The molecule has 3 aromatic heterocycles. The fourth-order valence-electron chi connectivity index (χ4n) is 4.07. The summed E-state index contributed by atoms with van der Waals surface area (Å²) in [5.74, 6) is 1.70. The molecule has 0 aliphatic heterocycles. The first-order valence-corrected chi connectivity index (χ1v) is 10.1. The van der Waals surface area contributed by atoms with Crippen LogP contribution in [0.3, 0.4) is 0 Å². The maximum atomic E-state index is 5.81. The molecule has 0 saturated heterocycles. The first-order valence-electron chi connectivity index (χ1n) is 9.26. The molecule has 1 aromatic carbocycles. The summed E-state index contributed by atoms with van der Waals surface area (Å²) < 4.78 is 5.81. The van der Waals surface area contributed by atoms with Crippen molar-refractivity contribution in [3.8, 4) is 22.6 Å². The number of aryl methyl sites for hydroxylation is 2. The van der Waals surface area contributed by atoms with Crippen molar-refractivity contribution in [2.75, 3.05) is 0 Å². The zero-order valence-electron chi connectivity index (χ0n) is 15.1. The van der Waals surface area contributed by atoms with Crippen molar-refractivity contribution >= 4 is 21.6 Å². The Hall–Kier alpha value is -2.39. The maximum absolute atomic E-state index is 5.81. The molecule has 130 valence electrons. The monoisotopic (exact) mass is 359 g/mol. The molecule has 1 aliphatic carbocycles. The lowest BCUT2D eigenvalue weighted by molar-refractivity contribution is 0.509. The Balaban J connectivity index is 1.82. The summed E-state index contributed by atoms with van der Waals surface area (Å²) >= 11 is 1.88. The largest absolute Gasteiger partial charge is 0.464 e. The highest BCUT2D eigenvalue weighted by molar-refractivity contribution is 7.19. The van der Waals surface area contributed by atoms with E-state index in [1.807, 2.05) is 17.4 Å². The van der Waals surface area contributed by atoms with Crippen molar-refractivity contribution in [3.05, 3.63) is 64.7 Å². The summed E-state index contributed by atoms with van der Waals surface area (Å²) in [6, 6.07) is 14.7. The van der Waals surface area contributed by atoms with Gasteiger partial charge >= 0.3 is 0 Å². The maximum Gasteiger partial charge on any atom is 0.134 e. The van der Waals surface area contributed by atoms with Gasteiger partial charge in [-0.3, -0.25) is 0 Å². The van der Waals surface area contributed by atoms with E-state index in [4.69, 9.17) is 9.40 Å². The van der Waals surface area contributed by atoms with Crippen LogP contribution in [0, 0.1) is 12.8 Å². The lowest BCUT2D eigenvalue weighted by Gasteiger charge is -2.18. The highest BCUT2D eigenvalue weighted by atomic mass is 32.1. The Labute approximate surface area is 157 Å².